The van der Waals surface area contributed by atoms with Crippen LogP contribution in [-0.2, 0) is 4.79 Å². The number of nitrogens with two attached hydrogens (primary N) is 2. The predicted octanol–water partition coefficient (Wildman–Crippen LogP) is 1.32. The third-order valence-corrected chi connectivity index (χ3v) is 4.10. The van der Waals surface area contributed by atoms with Gasteiger partial charge in [0.25, 0.3) is 0 Å². The van der Waals surface area contributed by atoms with Gasteiger partial charge in [0, 0.05) is 18.1 Å². The van der Waals surface area contributed by atoms with E-state index in [1.807, 2.05) is 29.2 Å². The van der Waals surface area contributed by atoms with Gasteiger partial charge in [-0.2, -0.15) is 0 Å². The third-order valence-electron chi connectivity index (χ3n) is 3.88. The molecular weight excluding hydrogens is 284 g/mol. The molecule has 0 radical (unpaired) electrons. The van der Waals surface area contributed by atoms with Crippen LogP contribution in [0.1, 0.15) is 18.4 Å². The van der Waals surface area contributed by atoms with E-state index < -0.39 is 0 Å². The zero-order chi connectivity index (χ0) is 15.0. The molecule has 5 nitrogen and oxygen atoms in total. The van der Waals surface area contributed by atoms with Crippen molar-refractivity contribution < 1.29 is 4.79 Å². The summed E-state index contributed by atoms with van der Waals surface area (Å²) in [4.78, 5) is 18.4. The Morgan fingerprint density at radius 1 is 1.33 bits per heavy atom. The molecule has 1 atom stereocenters. The van der Waals surface area contributed by atoms with Crippen molar-refractivity contribution >= 4 is 39.7 Å². The SMILES string of the molecule is NC(=O)C1CCCN1c1c(C(N)=S)cnc2ccccc12. The number of nitrogens with zero attached hydrogens (tertiary/aromatic N) is 2. The summed E-state index contributed by atoms with van der Waals surface area (Å²) in [5.41, 5.74) is 13.8. The summed E-state index contributed by atoms with van der Waals surface area (Å²) >= 11 is 5.15. The van der Waals surface area contributed by atoms with E-state index in [-0.39, 0.29) is 16.9 Å². The van der Waals surface area contributed by atoms with Crippen molar-refractivity contribution in [3.8, 4) is 0 Å². The van der Waals surface area contributed by atoms with E-state index >= 15 is 0 Å². The monoisotopic (exact) mass is 300 g/mol. The second-order valence-electron chi connectivity index (χ2n) is 5.16. The topological polar surface area (TPSA) is 85.2 Å². The molecule has 108 valence electrons. The van der Waals surface area contributed by atoms with Gasteiger partial charge in [0.15, 0.2) is 0 Å². The molecule has 0 bridgehead atoms. The van der Waals surface area contributed by atoms with Crippen molar-refractivity contribution in [2.75, 3.05) is 11.4 Å². The average molecular weight is 300 g/mol. The van der Waals surface area contributed by atoms with Crippen molar-refractivity contribution in [3.63, 3.8) is 0 Å². The number of amides is 1. The second-order valence-corrected chi connectivity index (χ2v) is 5.60. The van der Waals surface area contributed by atoms with Crippen molar-refractivity contribution in [3.05, 3.63) is 36.0 Å². The quantitative estimate of drug-likeness (QED) is 0.835. The van der Waals surface area contributed by atoms with E-state index in [1.165, 1.54) is 0 Å². The number of benzene rings is 1. The zero-order valence-corrected chi connectivity index (χ0v) is 12.3. The highest BCUT2D eigenvalue weighted by molar-refractivity contribution is 7.80. The first-order chi connectivity index (χ1) is 10.1. The minimum atomic E-state index is -0.317. The first kappa shape index (κ1) is 13.8. The molecule has 2 heterocycles. The van der Waals surface area contributed by atoms with Crippen LogP contribution in [0.2, 0.25) is 0 Å². The molecule has 1 aliphatic rings. The highest BCUT2D eigenvalue weighted by atomic mass is 32.1. The zero-order valence-electron chi connectivity index (χ0n) is 11.5. The van der Waals surface area contributed by atoms with Gasteiger partial charge in [-0.15, -0.1) is 0 Å². The first-order valence-electron chi connectivity index (χ1n) is 6.83. The number of thiocarbonyl (C=S) groups is 1. The average Bonchev–Trinajstić information content (AvgIpc) is 2.95. The van der Waals surface area contributed by atoms with Gasteiger partial charge in [0.1, 0.15) is 11.0 Å². The lowest BCUT2D eigenvalue weighted by molar-refractivity contribution is -0.119. The van der Waals surface area contributed by atoms with Crippen LogP contribution in [0.3, 0.4) is 0 Å². The Balaban J connectivity index is 2.25. The minimum Gasteiger partial charge on any atom is -0.389 e. The fraction of sp³-hybridized carbons (Fsp3) is 0.267. The van der Waals surface area contributed by atoms with Crippen molar-refractivity contribution in [1.29, 1.82) is 0 Å². The summed E-state index contributed by atoms with van der Waals surface area (Å²) in [7, 11) is 0. The lowest BCUT2D eigenvalue weighted by Gasteiger charge is -2.27. The first-order valence-corrected chi connectivity index (χ1v) is 7.24. The molecule has 1 fully saturated rings. The molecule has 2 aromatic rings. The summed E-state index contributed by atoms with van der Waals surface area (Å²) in [5, 5.41) is 0.941. The largest absolute Gasteiger partial charge is 0.389 e. The van der Waals surface area contributed by atoms with Crippen LogP contribution >= 0.6 is 12.2 Å². The third kappa shape index (κ3) is 2.31. The summed E-state index contributed by atoms with van der Waals surface area (Å²) in [6.45, 7) is 0.761. The fourth-order valence-electron chi connectivity index (χ4n) is 2.95. The van der Waals surface area contributed by atoms with E-state index in [2.05, 4.69) is 4.98 Å². The molecule has 6 heteroatoms. The molecule has 4 N–H and O–H groups in total. The number of anilines is 1. The Kier molecular flexibility index (Phi) is 3.47. The number of aromatic nitrogens is 1. The fourth-order valence-corrected chi connectivity index (χ4v) is 3.10. The van der Waals surface area contributed by atoms with Crippen LogP contribution in [0.25, 0.3) is 10.9 Å². The maximum atomic E-state index is 11.7. The Bertz CT molecular complexity index is 731. The summed E-state index contributed by atoms with van der Waals surface area (Å²) < 4.78 is 0. The van der Waals surface area contributed by atoms with Crippen molar-refractivity contribution in [2.45, 2.75) is 18.9 Å². The van der Waals surface area contributed by atoms with Gasteiger partial charge < -0.3 is 16.4 Å². The van der Waals surface area contributed by atoms with E-state index in [4.69, 9.17) is 23.7 Å². The molecule has 3 rings (SSSR count). The molecule has 1 unspecified atom stereocenters. The van der Waals surface area contributed by atoms with Crippen LogP contribution in [0, 0.1) is 0 Å². The van der Waals surface area contributed by atoms with Gasteiger partial charge in [0.2, 0.25) is 5.91 Å². The lowest BCUT2D eigenvalue weighted by atomic mass is 10.1. The predicted molar refractivity (Wildman–Crippen MR) is 87.2 cm³/mol. The standard InChI is InChI=1S/C15H16N4OS/c16-14(20)12-6-3-7-19(12)13-9-4-1-2-5-11(9)18-8-10(13)15(17)21/h1-2,4-5,8,12H,3,6-7H2,(H2,16,20)(H2,17,21). The Labute approximate surface area is 127 Å². The number of hydrogen-bond acceptors (Lipinski definition) is 4. The molecule has 1 saturated heterocycles. The maximum Gasteiger partial charge on any atom is 0.240 e. The number of fused-ring (bicyclic) bond motifs is 1. The van der Waals surface area contributed by atoms with E-state index in [1.54, 1.807) is 6.20 Å². The lowest BCUT2D eigenvalue weighted by Crippen LogP contribution is -2.41. The van der Waals surface area contributed by atoms with Gasteiger partial charge >= 0.3 is 0 Å². The van der Waals surface area contributed by atoms with Crippen LogP contribution in [0.4, 0.5) is 5.69 Å². The van der Waals surface area contributed by atoms with E-state index in [0.717, 1.165) is 36.0 Å². The molecule has 0 saturated carbocycles. The maximum absolute atomic E-state index is 11.7. The van der Waals surface area contributed by atoms with Crippen LogP contribution in [-0.4, -0.2) is 28.5 Å². The smallest absolute Gasteiger partial charge is 0.240 e. The second kappa shape index (κ2) is 5.29. The molecule has 1 aromatic heterocycles. The van der Waals surface area contributed by atoms with Gasteiger partial charge in [-0.1, -0.05) is 30.4 Å². The van der Waals surface area contributed by atoms with Crippen LogP contribution < -0.4 is 16.4 Å². The molecule has 21 heavy (non-hydrogen) atoms. The summed E-state index contributed by atoms with van der Waals surface area (Å²) in [6.07, 6.45) is 3.35. The number of hydrogen-bond donors (Lipinski definition) is 2. The number of carbonyl (C=O) groups is 1. The van der Waals surface area contributed by atoms with Crippen molar-refractivity contribution in [1.82, 2.24) is 4.98 Å². The Morgan fingerprint density at radius 2 is 2.10 bits per heavy atom. The molecular formula is C15H16N4OS. The Hall–Kier alpha value is -2.21. The minimum absolute atomic E-state index is 0.276. The van der Waals surface area contributed by atoms with Gasteiger partial charge in [-0.05, 0) is 18.9 Å². The number of primary amides is 1. The van der Waals surface area contributed by atoms with Gasteiger partial charge in [-0.25, -0.2) is 0 Å². The highest BCUT2D eigenvalue weighted by Gasteiger charge is 2.32. The van der Waals surface area contributed by atoms with Crippen molar-refractivity contribution in [2.24, 2.45) is 11.5 Å². The number of para-hydroxylation sites is 1. The van der Waals surface area contributed by atoms with Crippen LogP contribution in [0.15, 0.2) is 30.5 Å². The number of pyridine rings is 1. The molecule has 0 aliphatic carbocycles. The molecule has 0 spiro atoms. The highest BCUT2D eigenvalue weighted by Crippen LogP contribution is 2.34. The normalized spacial score (nSPS) is 18.1. The molecule has 1 amide bonds. The number of carbonyl (C=O) groups excluding carboxylic acids is 1. The van der Waals surface area contributed by atoms with Crippen LogP contribution in [0.5, 0.6) is 0 Å². The summed E-state index contributed by atoms with van der Waals surface area (Å²) in [6, 6.07) is 7.44. The number of rotatable bonds is 3. The van der Waals surface area contributed by atoms with E-state index in [9.17, 15) is 4.79 Å². The van der Waals surface area contributed by atoms with E-state index in [0.29, 0.717) is 5.56 Å². The summed E-state index contributed by atoms with van der Waals surface area (Å²) in [5.74, 6) is -0.317. The molecule has 1 aliphatic heterocycles. The Morgan fingerprint density at radius 3 is 2.81 bits per heavy atom. The van der Waals surface area contributed by atoms with Gasteiger partial charge in [0.05, 0.1) is 16.8 Å². The molecule has 1 aromatic carbocycles. The van der Waals surface area contributed by atoms with Gasteiger partial charge in [-0.3, -0.25) is 9.78 Å².